The Bertz CT molecular complexity index is 652. The monoisotopic (exact) mass is 319 g/mol. The van der Waals surface area contributed by atoms with E-state index in [2.05, 4.69) is 29.5 Å². The van der Waals surface area contributed by atoms with Gasteiger partial charge in [0.1, 0.15) is 5.52 Å². The fourth-order valence-electron chi connectivity index (χ4n) is 2.68. The third-order valence-electron chi connectivity index (χ3n) is 3.65. The van der Waals surface area contributed by atoms with E-state index in [0.29, 0.717) is 36.0 Å². The number of hydrogen-bond donors (Lipinski definition) is 3. The molecular formula is C17H25N3O3. The molecule has 0 aliphatic rings. The van der Waals surface area contributed by atoms with Crippen LogP contribution < -0.4 is 10.6 Å². The van der Waals surface area contributed by atoms with Crippen LogP contribution in [0.2, 0.25) is 0 Å². The van der Waals surface area contributed by atoms with Crippen LogP contribution in [0.4, 0.5) is 10.5 Å². The Kier molecular flexibility index (Phi) is 5.98. The number of carbonyl (C=O) groups excluding carboxylic acids is 1. The summed E-state index contributed by atoms with van der Waals surface area (Å²) in [5.41, 5.74) is 2.08. The van der Waals surface area contributed by atoms with Crippen molar-refractivity contribution in [2.45, 2.75) is 33.6 Å². The first-order chi connectivity index (χ1) is 11.0. The van der Waals surface area contributed by atoms with Gasteiger partial charge in [-0.25, -0.2) is 9.78 Å². The summed E-state index contributed by atoms with van der Waals surface area (Å²) in [4.78, 5) is 16.2. The van der Waals surface area contributed by atoms with Crippen LogP contribution in [0.5, 0.6) is 0 Å². The maximum Gasteiger partial charge on any atom is 0.319 e. The van der Waals surface area contributed by atoms with Crippen LogP contribution >= 0.6 is 0 Å². The highest BCUT2D eigenvalue weighted by molar-refractivity contribution is 5.91. The lowest BCUT2D eigenvalue weighted by molar-refractivity contribution is 0.231. The largest absolute Gasteiger partial charge is 0.441 e. The molecule has 0 aliphatic heterocycles. The molecule has 126 valence electrons. The predicted octanol–water partition coefficient (Wildman–Crippen LogP) is 3.30. The highest BCUT2D eigenvalue weighted by Crippen LogP contribution is 2.20. The number of benzene rings is 1. The average molecular weight is 319 g/mol. The van der Waals surface area contributed by atoms with E-state index in [-0.39, 0.29) is 18.6 Å². The van der Waals surface area contributed by atoms with Crippen molar-refractivity contribution in [3.05, 3.63) is 24.1 Å². The van der Waals surface area contributed by atoms with E-state index < -0.39 is 0 Å². The van der Waals surface area contributed by atoms with Crippen molar-refractivity contribution < 1.29 is 14.3 Å². The maximum atomic E-state index is 12.0. The minimum Gasteiger partial charge on any atom is -0.441 e. The fraction of sp³-hybridized carbons (Fsp3) is 0.529. The zero-order valence-electron chi connectivity index (χ0n) is 13.9. The Hall–Kier alpha value is -2.08. The third-order valence-corrected chi connectivity index (χ3v) is 3.65. The molecule has 0 spiro atoms. The molecule has 6 nitrogen and oxygen atoms in total. The normalized spacial score (nSPS) is 12.6. The number of carbonyl (C=O) groups is 1. The predicted molar refractivity (Wildman–Crippen MR) is 90.4 cm³/mol. The number of amides is 2. The first-order valence-corrected chi connectivity index (χ1v) is 8.01. The lowest BCUT2D eigenvalue weighted by atomic mass is 9.94. The summed E-state index contributed by atoms with van der Waals surface area (Å²) in [6.07, 6.45) is 1.67. The lowest BCUT2D eigenvalue weighted by Gasteiger charge is -2.18. The average Bonchev–Trinajstić information content (AvgIpc) is 2.84. The van der Waals surface area contributed by atoms with Crippen LogP contribution in [0.15, 0.2) is 22.6 Å². The van der Waals surface area contributed by atoms with E-state index in [4.69, 9.17) is 9.52 Å². The minimum atomic E-state index is -0.257. The molecule has 0 aliphatic carbocycles. The number of aliphatic hydroxyl groups excluding tert-OH is 1. The van der Waals surface area contributed by atoms with Gasteiger partial charge in [0, 0.05) is 31.8 Å². The van der Waals surface area contributed by atoms with E-state index in [9.17, 15) is 4.79 Å². The second-order valence-electron chi connectivity index (χ2n) is 6.26. The van der Waals surface area contributed by atoms with E-state index in [1.54, 1.807) is 19.1 Å². The van der Waals surface area contributed by atoms with Crippen molar-refractivity contribution in [2.75, 3.05) is 18.5 Å². The Labute approximate surface area is 136 Å². The SMILES string of the molecule is Cc1nc2ccc(NC(=O)NCC(CCO)CC(C)C)cc2o1. The highest BCUT2D eigenvalue weighted by Gasteiger charge is 2.12. The van der Waals surface area contributed by atoms with Crippen molar-refractivity contribution in [3.8, 4) is 0 Å². The molecular weight excluding hydrogens is 294 g/mol. The Morgan fingerprint density at radius 2 is 2.17 bits per heavy atom. The quantitative estimate of drug-likeness (QED) is 0.730. The van der Waals surface area contributed by atoms with Crippen LogP contribution in [0, 0.1) is 18.8 Å². The van der Waals surface area contributed by atoms with Gasteiger partial charge in [0.2, 0.25) is 0 Å². The molecule has 0 bridgehead atoms. The van der Waals surface area contributed by atoms with Crippen LogP contribution in [-0.2, 0) is 0 Å². The summed E-state index contributed by atoms with van der Waals surface area (Å²) in [6.45, 7) is 6.75. The number of fused-ring (bicyclic) bond motifs is 1. The second kappa shape index (κ2) is 7.97. The van der Waals surface area contributed by atoms with E-state index in [1.807, 2.05) is 6.07 Å². The minimum absolute atomic E-state index is 0.141. The van der Waals surface area contributed by atoms with Crippen molar-refractivity contribution in [1.82, 2.24) is 10.3 Å². The first-order valence-electron chi connectivity index (χ1n) is 8.01. The molecule has 1 aromatic carbocycles. The van der Waals surface area contributed by atoms with Crippen LogP contribution in [0.25, 0.3) is 11.1 Å². The zero-order chi connectivity index (χ0) is 16.8. The van der Waals surface area contributed by atoms with Gasteiger partial charge in [0.25, 0.3) is 0 Å². The standard InChI is InChI=1S/C17H25N3O3/c1-11(2)8-13(6-7-21)10-18-17(22)20-14-4-5-15-16(9-14)23-12(3)19-15/h4-5,9,11,13,21H,6-8,10H2,1-3H3,(H2,18,20,22). The fourth-order valence-corrected chi connectivity index (χ4v) is 2.68. The van der Waals surface area contributed by atoms with E-state index >= 15 is 0 Å². The van der Waals surface area contributed by atoms with Crippen molar-refractivity contribution in [1.29, 1.82) is 0 Å². The smallest absolute Gasteiger partial charge is 0.319 e. The maximum absolute atomic E-state index is 12.0. The molecule has 0 radical (unpaired) electrons. The van der Waals surface area contributed by atoms with Gasteiger partial charge in [0.05, 0.1) is 0 Å². The molecule has 1 heterocycles. The Morgan fingerprint density at radius 1 is 1.39 bits per heavy atom. The number of aryl methyl sites for hydroxylation is 1. The first kappa shape index (κ1) is 17.3. The van der Waals surface area contributed by atoms with Gasteiger partial charge in [-0.3, -0.25) is 0 Å². The van der Waals surface area contributed by atoms with Crippen molar-refractivity contribution in [3.63, 3.8) is 0 Å². The molecule has 2 amide bonds. The molecule has 1 unspecified atom stereocenters. The van der Waals surface area contributed by atoms with Gasteiger partial charge in [0.15, 0.2) is 11.5 Å². The number of urea groups is 1. The van der Waals surface area contributed by atoms with Gasteiger partial charge in [-0.15, -0.1) is 0 Å². The lowest BCUT2D eigenvalue weighted by Crippen LogP contribution is -2.33. The third kappa shape index (κ3) is 5.25. The Morgan fingerprint density at radius 3 is 2.87 bits per heavy atom. The van der Waals surface area contributed by atoms with Crippen LogP contribution in [-0.4, -0.2) is 29.3 Å². The molecule has 23 heavy (non-hydrogen) atoms. The topological polar surface area (TPSA) is 87.4 Å². The summed E-state index contributed by atoms with van der Waals surface area (Å²) in [5, 5.41) is 14.8. The number of nitrogens with zero attached hydrogens (tertiary/aromatic N) is 1. The van der Waals surface area contributed by atoms with Crippen molar-refractivity contribution in [2.24, 2.45) is 11.8 Å². The molecule has 6 heteroatoms. The van der Waals surface area contributed by atoms with Gasteiger partial charge < -0.3 is 20.2 Å². The van der Waals surface area contributed by atoms with E-state index in [0.717, 1.165) is 11.9 Å². The van der Waals surface area contributed by atoms with E-state index in [1.165, 1.54) is 0 Å². The number of rotatable bonds is 7. The van der Waals surface area contributed by atoms with Crippen LogP contribution in [0.3, 0.4) is 0 Å². The number of aliphatic hydroxyl groups is 1. The molecule has 1 atom stereocenters. The highest BCUT2D eigenvalue weighted by atomic mass is 16.3. The summed E-state index contributed by atoms with van der Waals surface area (Å²) in [5.74, 6) is 1.42. The summed E-state index contributed by atoms with van der Waals surface area (Å²) in [7, 11) is 0. The number of anilines is 1. The van der Waals surface area contributed by atoms with Crippen LogP contribution in [0.1, 0.15) is 32.6 Å². The number of aromatic nitrogens is 1. The second-order valence-corrected chi connectivity index (χ2v) is 6.26. The number of hydrogen-bond acceptors (Lipinski definition) is 4. The molecule has 0 saturated carbocycles. The zero-order valence-corrected chi connectivity index (χ0v) is 13.9. The van der Waals surface area contributed by atoms with Gasteiger partial charge in [-0.1, -0.05) is 13.8 Å². The van der Waals surface area contributed by atoms with Gasteiger partial charge >= 0.3 is 6.03 Å². The molecule has 2 aromatic rings. The van der Waals surface area contributed by atoms with Crippen molar-refractivity contribution >= 4 is 22.8 Å². The molecule has 0 saturated heterocycles. The molecule has 1 aromatic heterocycles. The molecule has 3 N–H and O–H groups in total. The summed E-state index contributed by atoms with van der Waals surface area (Å²) >= 11 is 0. The summed E-state index contributed by atoms with van der Waals surface area (Å²) < 4.78 is 5.45. The number of oxazole rings is 1. The Balaban J connectivity index is 1.89. The molecule has 0 fully saturated rings. The summed E-state index contributed by atoms with van der Waals surface area (Å²) in [6, 6.07) is 5.11. The number of nitrogens with one attached hydrogen (secondary N) is 2. The molecule has 2 rings (SSSR count). The van der Waals surface area contributed by atoms with Gasteiger partial charge in [-0.2, -0.15) is 0 Å². The van der Waals surface area contributed by atoms with Gasteiger partial charge in [-0.05, 0) is 36.8 Å².